The minimum absolute atomic E-state index is 0.907. The van der Waals surface area contributed by atoms with E-state index >= 15 is 0 Å². The molecule has 4 rings (SSSR count). The van der Waals surface area contributed by atoms with Crippen molar-refractivity contribution < 1.29 is 0 Å². The number of hydrogen-bond acceptors (Lipinski definition) is 3. The van der Waals surface area contributed by atoms with Crippen LogP contribution in [0.5, 0.6) is 0 Å². The first-order valence-electron chi connectivity index (χ1n) is 8.50. The van der Waals surface area contributed by atoms with Crippen LogP contribution in [0.25, 0.3) is 10.2 Å². The summed E-state index contributed by atoms with van der Waals surface area (Å²) in [5.41, 5.74) is 6.64. The average molecular weight is 360 g/mol. The maximum absolute atomic E-state index is 6.51. The van der Waals surface area contributed by atoms with Gasteiger partial charge in [-0.15, -0.1) is 11.3 Å². The monoisotopic (exact) mass is 359 g/mol. The van der Waals surface area contributed by atoms with Gasteiger partial charge in [-0.25, -0.2) is 0 Å². The van der Waals surface area contributed by atoms with Crippen LogP contribution < -0.4 is 0 Å². The van der Waals surface area contributed by atoms with Crippen molar-refractivity contribution in [3.05, 3.63) is 51.2 Å². The van der Waals surface area contributed by atoms with E-state index in [9.17, 15) is 0 Å². The van der Waals surface area contributed by atoms with Gasteiger partial charge >= 0.3 is 0 Å². The molecule has 3 aromatic rings. The van der Waals surface area contributed by atoms with Gasteiger partial charge in [0.25, 0.3) is 0 Å². The van der Waals surface area contributed by atoms with Crippen LogP contribution >= 0.6 is 22.9 Å². The molecular weight excluding hydrogens is 338 g/mol. The topological polar surface area (TPSA) is 21.1 Å². The molecule has 0 radical (unpaired) electrons. The normalized spacial score (nSPS) is 15.1. The van der Waals surface area contributed by atoms with E-state index in [2.05, 4.69) is 39.0 Å². The molecule has 126 valence electrons. The van der Waals surface area contributed by atoms with Crippen LogP contribution in [0.2, 0.25) is 5.02 Å². The predicted octanol–water partition coefficient (Wildman–Crippen LogP) is 4.68. The molecule has 0 unspecified atom stereocenters. The summed E-state index contributed by atoms with van der Waals surface area (Å²) >= 11 is 8.31. The number of aryl methyl sites for hydroxylation is 3. The molecule has 1 aliphatic rings. The third kappa shape index (κ3) is 2.87. The molecule has 3 aromatic heterocycles. The van der Waals surface area contributed by atoms with Gasteiger partial charge in [0.2, 0.25) is 0 Å². The highest BCUT2D eigenvalue weighted by Gasteiger charge is 2.24. The number of hydrogen-bond donors (Lipinski definition) is 0. The summed E-state index contributed by atoms with van der Waals surface area (Å²) < 4.78 is 3.87. The lowest BCUT2D eigenvalue weighted by atomic mass is 10.1. The van der Waals surface area contributed by atoms with Crippen LogP contribution in [0.15, 0.2) is 23.7 Å². The second-order valence-corrected chi connectivity index (χ2v) is 8.02. The number of thiophene rings is 1. The Kier molecular flexibility index (Phi) is 4.37. The first-order valence-corrected chi connectivity index (χ1v) is 9.76. The molecular formula is C19H22ClN3S. The maximum atomic E-state index is 6.51. The molecule has 0 saturated heterocycles. The zero-order chi connectivity index (χ0) is 16.7. The number of aromatic nitrogens is 2. The first kappa shape index (κ1) is 16.1. The van der Waals surface area contributed by atoms with Gasteiger partial charge in [0.05, 0.1) is 15.2 Å². The Morgan fingerprint density at radius 3 is 3.00 bits per heavy atom. The number of likely N-dealkylation sites (N-methyl/N-ethyl adjacent to an activating group) is 1. The fourth-order valence-corrected chi connectivity index (χ4v) is 5.03. The Morgan fingerprint density at radius 1 is 1.33 bits per heavy atom. The van der Waals surface area contributed by atoms with Crippen LogP contribution in [0.3, 0.4) is 0 Å². The van der Waals surface area contributed by atoms with E-state index in [1.807, 2.05) is 13.1 Å². The van der Waals surface area contributed by atoms with Gasteiger partial charge in [0.1, 0.15) is 0 Å². The molecule has 0 N–H and O–H groups in total. The SMILES string of the molecule is Cc1ccc(CCCn2c3c(c4scc(Cl)c42)CN(C)CC3)cn1. The van der Waals surface area contributed by atoms with Gasteiger partial charge in [-0.05, 0) is 38.4 Å². The van der Waals surface area contributed by atoms with E-state index in [0.29, 0.717) is 0 Å². The summed E-state index contributed by atoms with van der Waals surface area (Å²) in [6, 6.07) is 4.28. The maximum Gasteiger partial charge on any atom is 0.0784 e. The summed E-state index contributed by atoms with van der Waals surface area (Å²) in [5, 5.41) is 2.99. The van der Waals surface area contributed by atoms with Gasteiger partial charge in [-0.3, -0.25) is 4.98 Å². The number of pyridine rings is 1. The Morgan fingerprint density at radius 2 is 2.21 bits per heavy atom. The van der Waals surface area contributed by atoms with Gasteiger partial charge in [-0.2, -0.15) is 0 Å². The fraction of sp³-hybridized carbons (Fsp3) is 0.421. The van der Waals surface area contributed by atoms with Crippen molar-refractivity contribution in [1.29, 1.82) is 0 Å². The van der Waals surface area contributed by atoms with Crippen LogP contribution in [-0.4, -0.2) is 28.0 Å². The number of rotatable bonds is 4. The molecule has 0 spiro atoms. The molecule has 0 fully saturated rings. The third-order valence-electron chi connectivity index (χ3n) is 4.92. The summed E-state index contributed by atoms with van der Waals surface area (Å²) in [6.45, 7) is 5.23. The van der Waals surface area contributed by atoms with Crippen molar-refractivity contribution >= 4 is 33.2 Å². The smallest absolute Gasteiger partial charge is 0.0784 e. The molecule has 5 heteroatoms. The lowest BCUT2D eigenvalue weighted by molar-refractivity contribution is 0.309. The Hall–Kier alpha value is -1.36. The predicted molar refractivity (Wildman–Crippen MR) is 102 cm³/mol. The van der Waals surface area contributed by atoms with E-state index in [1.54, 1.807) is 11.3 Å². The van der Waals surface area contributed by atoms with Gasteiger partial charge < -0.3 is 9.47 Å². The highest BCUT2D eigenvalue weighted by atomic mass is 35.5. The van der Waals surface area contributed by atoms with Crippen molar-refractivity contribution in [2.24, 2.45) is 0 Å². The molecule has 0 atom stereocenters. The quantitative estimate of drug-likeness (QED) is 0.674. The number of halogens is 1. The van der Waals surface area contributed by atoms with E-state index in [0.717, 1.165) is 49.6 Å². The molecule has 4 heterocycles. The molecule has 24 heavy (non-hydrogen) atoms. The number of nitrogens with zero attached hydrogens (tertiary/aromatic N) is 3. The van der Waals surface area contributed by atoms with Crippen LogP contribution in [0.1, 0.15) is 28.9 Å². The largest absolute Gasteiger partial charge is 0.342 e. The zero-order valence-corrected chi connectivity index (χ0v) is 15.8. The van der Waals surface area contributed by atoms with E-state index < -0.39 is 0 Å². The van der Waals surface area contributed by atoms with E-state index in [4.69, 9.17) is 11.6 Å². The van der Waals surface area contributed by atoms with E-state index in [-0.39, 0.29) is 0 Å². The molecule has 0 aromatic carbocycles. The second-order valence-electron chi connectivity index (χ2n) is 6.74. The summed E-state index contributed by atoms with van der Waals surface area (Å²) in [6.07, 6.45) is 5.30. The Balaban J connectivity index is 1.59. The molecule has 0 saturated carbocycles. The van der Waals surface area contributed by atoms with Gasteiger partial charge in [-0.1, -0.05) is 17.7 Å². The summed E-state index contributed by atoms with van der Waals surface area (Å²) in [4.78, 5) is 6.80. The minimum Gasteiger partial charge on any atom is -0.342 e. The molecule has 3 nitrogen and oxygen atoms in total. The molecule has 0 bridgehead atoms. The van der Waals surface area contributed by atoms with Crippen molar-refractivity contribution in [3.8, 4) is 0 Å². The summed E-state index contributed by atoms with van der Waals surface area (Å²) in [7, 11) is 2.20. The van der Waals surface area contributed by atoms with E-state index in [1.165, 1.54) is 27.0 Å². The second kappa shape index (κ2) is 6.51. The average Bonchev–Trinajstić information content (AvgIpc) is 3.09. The van der Waals surface area contributed by atoms with Crippen LogP contribution in [-0.2, 0) is 25.9 Å². The lowest BCUT2D eigenvalue weighted by Crippen LogP contribution is -2.27. The van der Waals surface area contributed by atoms with Crippen molar-refractivity contribution in [2.45, 2.75) is 39.3 Å². The fourth-order valence-electron chi connectivity index (χ4n) is 3.65. The standard InChI is InChI=1S/C19H22ClN3S/c1-13-5-6-14(10-21-13)4-3-8-23-17-7-9-22(2)11-15(17)19-18(23)16(20)12-24-19/h5-6,10,12H,3-4,7-9,11H2,1-2H3. The third-order valence-corrected chi connectivity index (χ3v) is 6.36. The zero-order valence-electron chi connectivity index (χ0n) is 14.2. The highest BCUT2D eigenvalue weighted by Crippen LogP contribution is 2.39. The van der Waals surface area contributed by atoms with Gasteiger partial charge in [0.15, 0.2) is 0 Å². The Bertz CT molecular complexity index is 863. The molecule has 0 aliphatic carbocycles. The lowest BCUT2D eigenvalue weighted by Gasteiger charge is -2.24. The highest BCUT2D eigenvalue weighted by molar-refractivity contribution is 7.18. The summed E-state index contributed by atoms with van der Waals surface area (Å²) in [5.74, 6) is 0. The number of fused-ring (bicyclic) bond motifs is 3. The van der Waals surface area contributed by atoms with Crippen LogP contribution in [0.4, 0.5) is 0 Å². The van der Waals surface area contributed by atoms with Crippen molar-refractivity contribution in [3.63, 3.8) is 0 Å². The van der Waals surface area contributed by atoms with Gasteiger partial charge in [0, 0.05) is 54.6 Å². The van der Waals surface area contributed by atoms with Crippen molar-refractivity contribution in [2.75, 3.05) is 13.6 Å². The first-order chi connectivity index (χ1) is 11.6. The minimum atomic E-state index is 0.907. The molecule has 0 amide bonds. The van der Waals surface area contributed by atoms with Crippen LogP contribution in [0, 0.1) is 6.92 Å². The Labute approximate surface area is 151 Å². The molecule has 1 aliphatic heterocycles. The van der Waals surface area contributed by atoms with Crippen molar-refractivity contribution in [1.82, 2.24) is 14.5 Å².